The van der Waals surface area contributed by atoms with Gasteiger partial charge in [-0.05, 0) is 48.9 Å². The molecule has 8 N–H and O–H groups in total. The fourth-order valence-corrected chi connectivity index (χ4v) is 4.23. The molecule has 0 aromatic heterocycles. The molecule has 0 spiro atoms. The van der Waals surface area contributed by atoms with E-state index in [2.05, 4.69) is 28.2 Å². The predicted octanol–water partition coefficient (Wildman–Crippen LogP) is 2.42. The highest BCUT2D eigenvalue weighted by Gasteiger charge is 2.41. The number of urea groups is 1. The third-order valence-corrected chi connectivity index (χ3v) is 7.27. The van der Waals surface area contributed by atoms with E-state index < -0.39 is 48.2 Å². The number of nitrogens with two attached hydrogens (primary N) is 2. The first kappa shape index (κ1) is 45.5. The Hall–Kier alpha value is -4.53. The molecular weight excluding hydrogens is 646 g/mol. The number of amides is 7. The van der Waals surface area contributed by atoms with Gasteiger partial charge in [0.1, 0.15) is 19.2 Å². The second-order valence-corrected chi connectivity index (χ2v) is 12.8. The van der Waals surface area contributed by atoms with Gasteiger partial charge < -0.3 is 37.5 Å². The second kappa shape index (κ2) is 24.6. The summed E-state index contributed by atoms with van der Waals surface area (Å²) in [6.45, 7) is 15.6. The number of hydrogen-bond donors (Lipinski definition) is 6. The number of esters is 1. The summed E-state index contributed by atoms with van der Waals surface area (Å²) in [6, 6.07) is 5.33. The number of anilines is 1. The fourth-order valence-electron chi connectivity index (χ4n) is 4.23. The van der Waals surface area contributed by atoms with Crippen LogP contribution in [0.1, 0.15) is 86.6 Å². The van der Waals surface area contributed by atoms with Gasteiger partial charge in [0.15, 0.2) is 0 Å². The molecule has 0 bridgehead atoms. The minimum Gasteiger partial charge on any atom is -0.461 e. The summed E-state index contributed by atoms with van der Waals surface area (Å²) in [4.78, 5) is 84.6. The van der Waals surface area contributed by atoms with Crippen molar-refractivity contribution >= 4 is 47.2 Å². The van der Waals surface area contributed by atoms with Crippen LogP contribution in [0, 0.1) is 23.7 Å². The number of benzene rings is 1. The van der Waals surface area contributed by atoms with Crippen LogP contribution in [-0.4, -0.2) is 78.7 Å². The Labute approximate surface area is 296 Å². The van der Waals surface area contributed by atoms with E-state index in [0.717, 1.165) is 23.4 Å². The smallest absolute Gasteiger partial charge is 0.312 e. The van der Waals surface area contributed by atoms with Crippen LogP contribution in [-0.2, 0) is 40.1 Å². The van der Waals surface area contributed by atoms with Gasteiger partial charge in [-0.2, -0.15) is 0 Å². The van der Waals surface area contributed by atoms with E-state index in [1.165, 1.54) is 12.8 Å². The lowest BCUT2D eigenvalue weighted by Crippen LogP contribution is -2.53. The van der Waals surface area contributed by atoms with Crippen LogP contribution in [0.2, 0.25) is 0 Å². The summed E-state index contributed by atoms with van der Waals surface area (Å²) in [5, 5.41) is 10.2. The average Bonchev–Trinajstić information content (AvgIpc) is 3.34. The van der Waals surface area contributed by atoms with E-state index >= 15 is 0 Å². The molecule has 1 fully saturated rings. The second-order valence-electron chi connectivity index (χ2n) is 12.8. The molecule has 1 saturated heterocycles. The first-order chi connectivity index (χ1) is 23.5. The van der Waals surface area contributed by atoms with E-state index in [0.29, 0.717) is 12.2 Å². The Morgan fingerprint density at radius 1 is 0.920 bits per heavy atom. The number of hydrogen-bond acceptors (Lipinski definition) is 9. The highest BCUT2D eigenvalue weighted by molar-refractivity contribution is 6.06. The fraction of sp³-hybridized carbons (Fsp3) is 0.629. The molecule has 1 aromatic rings. The predicted molar refractivity (Wildman–Crippen MR) is 191 cm³/mol. The number of primary amides is 1. The summed E-state index contributed by atoms with van der Waals surface area (Å²) in [6.07, 6.45) is 3.39. The molecule has 1 aromatic carbocycles. The zero-order valence-electron chi connectivity index (χ0n) is 30.9. The monoisotopic (exact) mass is 705 g/mol. The molecule has 282 valence electrons. The Balaban J connectivity index is 0.00000170. The molecule has 1 heterocycles. The highest BCUT2D eigenvalue weighted by atomic mass is 16.5. The number of ether oxygens (including phenoxy) is 1. The van der Waals surface area contributed by atoms with Gasteiger partial charge >= 0.3 is 12.0 Å². The van der Waals surface area contributed by atoms with Crippen LogP contribution in [0.25, 0.3) is 0 Å². The average molecular weight is 706 g/mol. The molecule has 15 heteroatoms. The van der Waals surface area contributed by atoms with Gasteiger partial charge in [0.25, 0.3) is 0 Å². The Bertz CT molecular complexity index is 1250. The first-order valence-corrected chi connectivity index (χ1v) is 17.2. The summed E-state index contributed by atoms with van der Waals surface area (Å²) < 4.78 is 5.17. The third kappa shape index (κ3) is 18.3. The topological polar surface area (TPSA) is 232 Å². The largest absolute Gasteiger partial charge is 0.461 e. The van der Waals surface area contributed by atoms with Crippen molar-refractivity contribution in [2.75, 3.05) is 31.5 Å². The SMILES string of the molecule is CC(C)C(=O)OCc1ccc(NC(=O)CNC(=O)C(NC(=O)CN2C(=O)CC(C(C)C)C2=O)C(C)C)cc1.CCCCN.CCCNC(N)=O. The molecule has 1 aliphatic rings. The van der Waals surface area contributed by atoms with Crippen molar-refractivity contribution in [3.05, 3.63) is 29.8 Å². The maximum atomic E-state index is 12.7. The van der Waals surface area contributed by atoms with Crippen molar-refractivity contribution in [3.8, 4) is 0 Å². The van der Waals surface area contributed by atoms with E-state index in [4.69, 9.17) is 16.2 Å². The van der Waals surface area contributed by atoms with E-state index in [-0.39, 0.29) is 49.2 Å². The molecular formula is C35H59N7O8. The van der Waals surface area contributed by atoms with Crippen molar-refractivity contribution in [2.45, 2.75) is 93.7 Å². The van der Waals surface area contributed by atoms with Crippen LogP contribution in [0.3, 0.4) is 0 Å². The highest BCUT2D eigenvalue weighted by Crippen LogP contribution is 2.26. The molecule has 0 aliphatic carbocycles. The van der Waals surface area contributed by atoms with Gasteiger partial charge in [-0.15, -0.1) is 0 Å². The lowest BCUT2D eigenvalue weighted by molar-refractivity contribution is -0.148. The Morgan fingerprint density at radius 2 is 1.54 bits per heavy atom. The summed E-state index contributed by atoms with van der Waals surface area (Å²) >= 11 is 0. The van der Waals surface area contributed by atoms with Crippen molar-refractivity contribution in [1.29, 1.82) is 0 Å². The number of rotatable bonds is 16. The van der Waals surface area contributed by atoms with Gasteiger partial charge in [-0.25, -0.2) is 4.79 Å². The van der Waals surface area contributed by atoms with Crippen molar-refractivity contribution in [1.82, 2.24) is 20.9 Å². The van der Waals surface area contributed by atoms with Crippen LogP contribution in [0.4, 0.5) is 10.5 Å². The van der Waals surface area contributed by atoms with Gasteiger partial charge in [0.05, 0.1) is 12.5 Å². The third-order valence-electron chi connectivity index (χ3n) is 7.27. The number of carbonyl (C=O) groups excluding carboxylic acids is 7. The van der Waals surface area contributed by atoms with Gasteiger partial charge in [-0.3, -0.25) is 33.7 Å². The molecule has 2 unspecified atom stereocenters. The van der Waals surface area contributed by atoms with Crippen LogP contribution in [0.15, 0.2) is 24.3 Å². The summed E-state index contributed by atoms with van der Waals surface area (Å²) in [7, 11) is 0. The standard InChI is InChI=1S/C27H38N4O7.C4H10N2O.C4H11N/c1-15(2)20-11-23(34)31(26(20)36)13-22(33)30-24(16(3)4)25(35)28-12-21(32)29-19-9-7-18(8-10-19)14-38-27(37)17(5)6;1-2-3-6-4(5)7;1-2-3-4-5/h7-10,15-17,20,24H,11-14H2,1-6H3,(H,28,35)(H,29,32)(H,30,33);2-3H2,1H3,(H3,5,6,7);2-5H2,1H3. The van der Waals surface area contributed by atoms with Crippen molar-refractivity contribution in [3.63, 3.8) is 0 Å². The minimum absolute atomic E-state index is 0.0211. The van der Waals surface area contributed by atoms with Crippen LogP contribution in [0.5, 0.6) is 0 Å². The first-order valence-electron chi connectivity index (χ1n) is 17.2. The molecule has 1 aliphatic heterocycles. The molecule has 15 nitrogen and oxygen atoms in total. The molecule has 2 rings (SSSR count). The zero-order chi connectivity index (χ0) is 38.4. The van der Waals surface area contributed by atoms with E-state index in [1.54, 1.807) is 52.0 Å². The van der Waals surface area contributed by atoms with Crippen molar-refractivity contribution < 1.29 is 38.3 Å². The molecule has 50 heavy (non-hydrogen) atoms. The molecule has 0 saturated carbocycles. The number of likely N-dealkylation sites (tertiary alicyclic amines) is 1. The minimum atomic E-state index is -0.961. The lowest BCUT2D eigenvalue weighted by Gasteiger charge is -2.23. The summed E-state index contributed by atoms with van der Waals surface area (Å²) in [5.74, 6) is -3.76. The Kier molecular flexibility index (Phi) is 22.4. The number of nitrogens with zero attached hydrogens (tertiary/aromatic N) is 1. The van der Waals surface area contributed by atoms with Crippen LogP contribution < -0.4 is 32.7 Å². The van der Waals surface area contributed by atoms with Gasteiger partial charge in [-0.1, -0.05) is 73.9 Å². The van der Waals surface area contributed by atoms with Crippen molar-refractivity contribution in [2.24, 2.45) is 35.1 Å². The molecule has 2 atom stereocenters. The maximum absolute atomic E-state index is 12.7. The summed E-state index contributed by atoms with van der Waals surface area (Å²) in [5.41, 5.74) is 11.1. The van der Waals surface area contributed by atoms with E-state index in [9.17, 15) is 33.6 Å². The Morgan fingerprint density at radius 3 is 1.96 bits per heavy atom. The zero-order valence-corrected chi connectivity index (χ0v) is 30.9. The normalized spacial score (nSPS) is 14.2. The maximum Gasteiger partial charge on any atom is 0.312 e. The quantitative estimate of drug-likeness (QED) is 0.109. The van der Waals surface area contributed by atoms with Gasteiger partial charge in [0, 0.05) is 24.6 Å². The molecule has 7 amide bonds. The van der Waals surface area contributed by atoms with E-state index in [1.807, 2.05) is 20.8 Å². The van der Waals surface area contributed by atoms with Crippen LogP contribution >= 0.6 is 0 Å². The lowest BCUT2D eigenvalue weighted by atomic mass is 9.94. The molecule has 0 radical (unpaired) electrons. The number of unbranched alkanes of at least 4 members (excludes halogenated alkanes) is 1. The number of nitrogens with one attached hydrogen (secondary N) is 4. The number of imide groups is 1. The number of carbonyl (C=O) groups is 7. The van der Waals surface area contributed by atoms with Gasteiger partial charge in [0.2, 0.25) is 29.5 Å².